The Morgan fingerprint density at radius 3 is 2.63 bits per heavy atom. The van der Waals surface area contributed by atoms with E-state index in [0.29, 0.717) is 5.69 Å². The molecule has 1 amide bonds. The Kier molecular flexibility index (Phi) is 5.22. The largest absolute Gasteiger partial charge is 0.405 e. The lowest BCUT2D eigenvalue weighted by Gasteiger charge is -2.17. The fourth-order valence-electron chi connectivity index (χ4n) is 1.39. The molecule has 1 atom stereocenters. The van der Waals surface area contributed by atoms with Crippen LogP contribution in [0, 0.1) is 6.92 Å². The second-order valence-corrected chi connectivity index (χ2v) is 5.04. The van der Waals surface area contributed by atoms with E-state index in [4.69, 9.17) is 0 Å². The van der Waals surface area contributed by atoms with Crippen molar-refractivity contribution in [3.63, 3.8) is 0 Å². The molecular weight excluding hydrogens is 325 g/mol. The van der Waals surface area contributed by atoms with Crippen molar-refractivity contribution >= 4 is 27.5 Å². The number of carbonyl (C=O) groups is 1. The van der Waals surface area contributed by atoms with Crippen molar-refractivity contribution < 1.29 is 18.0 Å². The Labute approximate surface area is 117 Å². The van der Waals surface area contributed by atoms with Gasteiger partial charge in [0, 0.05) is 10.2 Å². The summed E-state index contributed by atoms with van der Waals surface area (Å²) in [6.07, 6.45) is -4.40. The van der Waals surface area contributed by atoms with Gasteiger partial charge in [0.1, 0.15) is 12.6 Å². The fraction of sp³-hybridized carbons (Fsp3) is 0.417. The van der Waals surface area contributed by atoms with Gasteiger partial charge in [-0.2, -0.15) is 13.2 Å². The molecular formula is C12H14BrF3N2O. The van der Waals surface area contributed by atoms with Gasteiger partial charge in [0.25, 0.3) is 0 Å². The van der Waals surface area contributed by atoms with Crippen molar-refractivity contribution in [3.05, 3.63) is 28.2 Å². The number of aryl methyl sites for hydroxylation is 1. The monoisotopic (exact) mass is 338 g/mol. The lowest BCUT2D eigenvalue weighted by Crippen LogP contribution is -2.42. The maximum atomic E-state index is 12.0. The molecule has 0 heterocycles. The first-order chi connectivity index (χ1) is 8.69. The van der Waals surface area contributed by atoms with E-state index in [1.165, 1.54) is 6.92 Å². The van der Waals surface area contributed by atoms with Gasteiger partial charge < -0.3 is 10.6 Å². The number of rotatable bonds is 4. The van der Waals surface area contributed by atoms with Crippen molar-refractivity contribution in [1.82, 2.24) is 5.32 Å². The average Bonchev–Trinajstić information content (AvgIpc) is 2.29. The highest BCUT2D eigenvalue weighted by atomic mass is 79.9. The van der Waals surface area contributed by atoms with Gasteiger partial charge in [-0.15, -0.1) is 0 Å². The average molecular weight is 339 g/mol. The van der Waals surface area contributed by atoms with Crippen LogP contribution in [0.15, 0.2) is 22.7 Å². The second-order valence-electron chi connectivity index (χ2n) is 4.18. The minimum atomic E-state index is -4.40. The third-order valence-electron chi connectivity index (χ3n) is 2.35. The molecule has 0 aromatic heterocycles. The van der Waals surface area contributed by atoms with Crippen LogP contribution in [0.4, 0.5) is 18.9 Å². The molecule has 1 rings (SSSR count). The van der Waals surface area contributed by atoms with Gasteiger partial charge in [-0.05, 0) is 47.5 Å². The summed E-state index contributed by atoms with van der Waals surface area (Å²) in [5, 5.41) is 4.70. The molecule has 0 aliphatic carbocycles. The number of hydrogen-bond acceptors (Lipinski definition) is 2. The van der Waals surface area contributed by atoms with Crippen molar-refractivity contribution in [2.75, 3.05) is 11.9 Å². The Hall–Kier alpha value is -1.24. The van der Waals surface area contributed by atoms with Gasteiger partial charge in [0.2, 0.25) is 5.91 Å². The lowest BCUT2D eigenvalue weighted by atomic mass is 10.2. The third-order valence-corrected chi connectivity index (χ3v) is 3.04. The summed E-state index contributed by atoms with van der Waals surface area (Å²) in [4.78, 5) is 11.5. The summed E-state index contributed by atoms with van der Waals surface area (Å²) < 4.78 is 36.7. The fourth-order valence-corrected chi connectivity index (χ4v) is 1.75. The molecule has 1 aromatic carbocycles. The van der Waals surface area contributed by atoms with Crippen LogP contribution >= 0.6 is 15.9 Å². The van der Waals surface area contributed by atoms with Crippen LogP contribution in [0.1, 0.15) is 12.5 Å². The summed E-state index contributed by atoms with van der Waals surface area (Å²) in [5.74, 6) is -0.703. The van der Waals surface area contributed by atoms with E-state index in [2.05, 4.69) is 21.2 Å². The van der Waals surface area contributed by atoms with E-state index in [1.54, 1.807) is 12.1 Å². The second kappa shape index (κ2) is 6.27. The predicted molar refractivity (Wildman–Crippen MR) is 71.0 cm³/mol. The van der Waals surface area contributed by atoms with Crippen LogP contribution in [0.2, 0.25) is 0 Å². The molecule has 0 radical (unpaired) electrons. The third kappa shape index (κ3) is 5.50. The summed E-state index contributed by atoms with van der Waals surface area (Å²) in [7, 11) is 0. The number of alkyl halides is 3. The molecule has 0 bridgehead atoms. The van der Waals surface area contributed by atoms with E-state index < -0.39 is 24.7 Å². The summed E-state index contributed by atoms with van der Waals surface area (Å²) >= 11 is 3.30. The van der Waals surface area contributed by atoms with Gasteiger partial charge in [-0.25, -0.2) is 0 Å². The highest BCUT2D eigenvalue weighted by Gasteiger charge is 2.28. The van der Waals surface area contributed by atoms with Gasteiger partial charge in [0.15, 0.2) is 0 Å². The molecule has 19 heavy (non-hydrogen) atoms. The van der Waals surface area contributed by atoms with E-state index in [-0.39, 0.29) is 0 Å². The zero-order valence-electron chi connectivity index (χ0n) is 10.4. The van der Waals surface area contributed by atoms with Gasteiger partial charge >= 0.3 is 6.18 Å². The standard InChI is InChI=1S/C12H14BrF3N2O/c1-7-3-4-9(13)10(5-7)18-8(2)11(19)17-6-12(14,15)16/h3-5,8,18H,6H2,1-2H3,(H,17,19). The van der Waals surface area contributed by atoms with Gasteiger partial charge in [-0.3, -0.25) is 4.79 Å². The van der Waals surface area contributed by atoms with Crippen molar-refractivity contribution in [2.45, 2.75) is 26.1 Å². The number of benzene rings is 1. The molecule has 0 aliphatic rings. The van der Waals surface area contributed by atoms with Crippen LogP contribution in [0.3, 0.4) is 0 Å². The van der Waals surface area contributed by atoms with E-state index in [0.717, 1.165) is 10.0 Å². The molecule has 1 unspecified atom stereocenters. The molecule has 3 nitrogen and oxygen atoms in total. The number of anilines is 1. The van der Waals surface area contributed by atoms with E-state index in [1.807, 2.05) is 18.3 Å². The minimum absolute atomic E-state index is 0.662. The highest BCUT2D eigenvalue weighted by Crippen LogP contribution is 2.24. The molecule has 0 aliphatic heterocycles. The van der Waals surface area contributed by atoms with Gasteiger partial charge in [-0.1, -0.05) is 6.07 Å². The Morgan fingerprint density at radius 1 is 1.42 bits per heavy atom. The van der Waals surface area contributed by atoms with Gasteiger partial charge in [0.05, 0.1) is 0 Å². The lowest BCUT2D eigenvalue weighted by molar-refractivity contribution is -0.138. The van der Waals surface area contributed by atoms with E-state index >= 15 is 0 Å². The first kappa shape index (κ1) is 15.8. The molecule has 0 saturated carbocycles. The minimum Gasteiger partial charge on any atom is -0.373 e. The van der Waals surface area contributed by atoms with Crippen LogP contribution in [0.25, 0.3) is 0 Å². The van der Waals surface area contributed by atoms with Crippen molar-refractivity contribution in [3.8, 4) is 0 Å². The topological polar surface area (TPSA) is 41.1 Å². The summed E-state index contributed by atoms with van der Waals surface area (Å²) in [5.41, 5.74) is 1.64. The smallest absolute Gasteiger partial charge is 0.373 e. The first-order valence-electron chi connectivity index (χ1n) is 5.56. The maximum Gasteiger partial charge on any atom is 0.405 e. The summed E-state index contributed by atoms with van der Waals surface area (Å²) in [6.45, 7) is 2.05. The molecule has 7 heteroatoms. The zero-order chi connectivity index (χ0) is 14.6. The Morgan fingerprint density at radius 2 is 2.05 bits per heavy atom. The number of halogens is 4. The maximum absolute atomic E-state index is 12.0. The summed E-state index contributed by atoms with van der Waals surface area (Å²) in [6, 6.07) is 4.72. The molecule has 2 N–H and O–H groups in total. The highest BCUT2D eigenvalue weighted by molar-refractivity contribution is 9.10. The SMILES string of the molecule is Cc1ccc(Br)c(NC(C)C(=O)NCC(F)(F)F)c1. The number of carbonyl (C=O) groups excluding carboxylic acids is 1. The van der Waals surface area contributed by atoms with E-state index in [9.17, 15) is 18.0 Å². The molecule has 0 fully saturated rings. The van der Waals surface area contributed by atoms with Crippen LogP contribution in [-0.2, 0) is 4.79 Å². The molecule has 0 spiro atoms. The Balaban J connectivity index is 2.61. The van der Waals surface area contributed by atoms with Crippen LogP contribution in [-0.4, -0.2) is 24.7 Å². The normalized spacial score (nSPS) is 12.9. The molecule has 1 aromatic rings. The quantitative estimate of drug-likeness (QED) is 0.884. The number of nitrogens with one attached hydrogen (secondary N) is 2. The predicted octanol–water partition coefficient (Wildman–Crippen LogP) is 3.24. The molecule has 0 saturated heterocycles. The molecule has 106 valence electrons. The first-order valence-corrected chi connectivity index (χ1v) is 6.35. The van der Waals surface area contributed by atoms with Crippen molar-refractivity contribution in [2.24, 2.45) is 0 Å². The van der Waals surface area contributed by atoms with Crippen LogP contribution < -0.4 is 10.6 Å². The van der Waals surface area contributed by atoms with Crippen LogP contribution in [0.5, 0.6) is 0 Å². The number of amides is 1. The van der Waals surface area contributed by atoms with Crippen molar-refractivity contribution in [1.29, 1.82) is 0 Å². The number of hydrogen-bond donors (Lipinski definition) is 2. The zero-order valence-corrected chi connectivity index (χ0v) is 12.0. The Bertz CT molecular complexity index is 463.